The first-order chi connectivity index (χ1) is 15.1. The SMILES string of the molecule is O.O=C([O-])C([O-])(c1ccccc1)c1ccccc1.[Cu+2].c1cnc2c(c1)ccc1cccnc12. The van der Waals surface area contributed by atoms with Gasteiger partial charge in [0.25, 0.3) is 0 Å². The first kappa shape index (κ1) is 25.6. The summed E-state index contributed by atoms with van der Waals surface area (Å²) in [6.07, 6.45) is 3.60. The van der Waals surface area contributed by atoms with E-state index in [0.717, 1.165) is 21.8 Å². The fraction of sp³-hybridized carbons (Fsp3) is 0.0385. The predicted octanol–water partition coefficient (Wildman–Crippen LogP) is 2.00. The van der Waals surface area contributed by atoms with Crippen molar-refractivity contribution in [2.45, 2.75) is 5.60 Å². The first-order valence-corrected chi connectivity index (χ1v) is 9.72. The van der Waals surface area contributed by atoms with Gasteiger partial charge in [0.2, 0.25) is 0 Å². The van der Waals surface area contributed by atoms with Gasteiger partial charge in [0.05, 0.1) is 11.0 Å². The molecule has 3 aromatic carbocycles. The summed E-state index contributed by atoms with van der Waals surface area (Å²) in [7, 11) is 0. The van der Waals surface area contributed by atoms with E-state index in [0.29, 0.717) is 0 Å². The van der Waals surface area contributed by atoms with Crippen molar-refractivity contribution in [2.75, 3.05) is 0 Å². The number of benzene rings is 3. The number of rotatable bonds is 3. The number of carbonyl (C=O) groups is 1. The average molecular weight is 488 g/mol. The van der Waals surface area contributed by atoms with Crippen molar-refractivity contribution >= 4 is 27.8 Å². The van der Waals surface area contributed by atoms with Crippen molar-refractivity contribution in [2.24, 2.45) is 0 Å². The Labute approximate surface area is 201 Å². The topological polar surface area (TPSA) is 120 Å². The van der Waals surface area contributed by atoms with Gasteiger partial charge in [-0.05, 0) is 28.9 Å². The van der Waals surface area contributed by atoms with Gasteiger partial charge in [0.15, 0.2) is 0 Å². The Morgan fingerprint density at radius 1 is 0.636 bits per heavy atom. The number of pyridine rings is 2. The summed E-state index contributed by atoms with van der Waals surface area (Å²) < 4.78 is 0. The molecule has 5 rings (SSSR count). The number of aliphatic carboxylic acids is 1. The molecule has 7 heteroatoms. The molecular formula is C26H20CuN2O4. The van der Waals surface area contributed by atoms with Crippen molar-refractivity contribution in [1.29, 1.82) is 0 Å². The van der Waals surface area contributed by atoms with Crippen molar-refractivity contribution in [3.63, 3.8) is 0 Å². The van der Waals surface area contributed by atoms with Crippen LogP contribution < -0.4 is 10.2 Å². The molecule has 0 aliphatic heterocycles. The molecule has 0 saturated heterocycles. The molecule has 2 N–H and O–H groups in total. The smallest absolute Gasteiger partial charge is 0.838 e. The van der Waals surface area contributed by atoms with Crippen LogP contribution in [0, 0.1) is 0 Å². The quantitative estimate of drug-likeness (QED) is 0.284. The van der Waals surface area contributed by atoms with Crippen LogP contribution in [0.2, 0.25) is 0 Å². The van der Waals surface area contributed by atoms with E-state index in [9.17, 15) is 15.0 Å². The summed E-state index contributed by atoms with van der Waals surface area (Å²) in [5.41, 5.74) is -0.0590. The molecule has 2 heterocycles. The molecule has 0 bridgehead atoms. The molecule has 169 valence electrons. The molecule has 0 aliphatic rings. The molecule has 33 heavy (non-hydrogen) atoms. The minimum absolute atomic E-state index is 0. The van der Waals surface area contributed by atoms with Crippen molar-refractivity contribution in [3.05, 3.63) is 121 Å². The Bertz CT molecular complexity index is 1240. The van der Waals surface area contributed by atoms with Gasteiger partial charge in [0.1, 0.15) is 0 Å². The van der Waals surface area contributed by atoms with E-state index < -0.39 is 11.6 Å². The van der Waals surface area contributed by atoms with Crippen molar-refractivity contribution in [3.8, 4) is 0 Å². The van der Waals surface area contributed by atoms with E-state index in [4.69, 9.17) is 0 Å². The van der Waals surface area contributed by atoms with E-state index in [1.807, 2.05) is 12.1 Å². The standard InChI is InChI=1S/C14H11O3.C12H8N2.Cu.H2O/c15-13(16)14(17,11-7-3-1-4-8-11)12-9-5-2-6-10-12;1-3-9-5-6-10-4-2-8-14-12(10)11(9)13-7-1;;/h1-10H,(H,15,16);1-8H;;1H2/q-1;;+2;/p-1. The van der Waals surface area contributed by atoms with Crippen LogP contribution in [-0.2, 0) is 27.5 Å². The average Bonchev–Trinajstić information content (AvgIpc) is 2.85. The predicted molar refractivity (Wildman–Crippen MR) is 119 cm³/mol. The van der Waals surface area contributed by atoms with Gasteiger partial charge in [-0.3, -0.25) is 9.97 Å². The van der Waals surface area contributed by atoms with E-state index in [-0.39, 0.29) is 33.7 Å². The largest absolute Gasteiger partial charge is 2.00 e. The fourth-order valence-electron chi connectivity index (χ4n) is 3.43. The maximum atomic E-state index is 12.5. The zero-order valence-corrected chi connectivity index (χ0v) is 18.3. The molecule has 6 nitrogen and oxygen atoms in total. The summed E-state index contributed by atoms with van der Waals surface area (Å²) in [5.74, 6) is -1.64. The zero-order chi connectivity index (χ0) is 21.7. The number of hydrogen-bond donors (Lipinski definition) is 0. The molecule has 5 aromatic rings. The number of carbonyl (C=O) groups excluding carboxylic acids is 1. The van der Waals surface area contributed by atoms with Crippen LogP contribution in [-0.4, -0.2) is 21.4 Å². The number of hydrogen-bond acceptors (Lipinski definition) is 5. The normalized spacial score (nSPS) is 10.3. The van der Waals surface area contributed by atoms with E-state index in [1.54, 1.807) is 48.8 Å². The van der Waals surface area contributed by atoms with Gasteiger partial charge >= 0.3 is 17.1 Å². The van der Waals surface area contributed by atoms with E-state index in [1.165, 1.54) is 24.3 Å². The number of fused-ring (bicyclic) bond motifs is 3. The van der Waals surface area contributed by atoms with Crippen LogP contribution in [0.4, 0.5) is 0 Å². The van der Waals surface area contributed by atoms with Gasteiger partial charge in [0, 0.05) is 29.1 Å². The van der Waals surface area contributed by atoms with Gasteiger partial charge in [-0.25, -0.2) is 0 Å². The maximum Gasteiger partial charge on any atom is 2.00 e. The van der Waals surface area contributed by atoms with E-state index in [2.05, 4.69) is 34.2 Å². The van der Waals surface area contributed by atoms with Gasteiger partial charge in [-0.15, -0.1) is 0 Å². The van der Waals surface area contributed by atoms with Crippen molar-refractivity contribution in [1.82, 2.24) is 9.97 Å². The molecule has 1 radical (unpaired) electrons. The van der Waals surface area contributed by atoms with E-state index >= 15 is 0 Å². The molecule has 0 unspecified atom stereocenters. The molecular weight excluding hydrogens is 468 g/mol. The van der Waals surface area contributed by atoms with Gasteiger partial charge in [-0.2, -0.15) is 0 Å². The summed E-state index contributed by atoms with van der Waals surface area (Å²) in [6.45, 7) is 0. The number of nitrogens with zero attached hydrogens (tertiary/aromatic N) is 2. The maximum absolute atomic E-state index is 12.5. The molecule has 0 fully saturated rings. The summed E-state index contributed by atoms with van der Waals surface area (Å²) >= 11 is 0. The van der Waals surface area contributed by atoms with Crippen LogP contribution >= 0.6 is 0 Å². The van der Waals surface area contributed by atoms with Crippen LogP contribution in [0.1, 0.15) is 11.1 Å². The van der Waals surface area contributed by atoms with Crippen LogP contribution in [0.5, 0.6) is 0 Å². The van der Waals surface area contributed by atoms with Gasteiger partial charge in [-0.1, -0.05) is 84.9 Å². The van der Waals surface area contributed by atoms with Gasteiger partial charge < -0.3 is 20.5 Å². The Morgan fingerprint density at radius 2 is 1.03 bits per heavy atom. The third-order valence-corrected chi connectivity index (χ3v) is 4.99. The zero-order valence-electron chi connectivity index (χ0n) is 17.3. The second-order valence-electron chi connectivity index (χ2n) is 6.92. The number of carboxylic acids is 1. The molecule has 0 saturated carbocycles. The summed E-state index contributed by atoms with van der Waals surface area (Å²) in [6, 6.07) is 28.1. The minimum atomic E-state index is -2.36. The first-order valence-electron chi connectivity index (χ1n) is 9.72. The second kappa shape index (κ2) is 11.3. The molecule has 0 spiro atoms. The Kier molecular flexibility index (Phi) is 8.79. The second-order valence-corrected chi connectivity index (χ2v) is 6.92. The monoisotopic (exact) mass is 487 g/mol. The third-order valence-electron chi connectivity index (χ3n) is 4.99. The summed E-state index contributed by atoms with van der Waals surface area (Å²) in [5, 5.41) is 26.0. The van der Waals surface area contributed by atoms with Crippen LogP contribution in [0.3, 0.4) is 0 Å². The third kappa shape index (κ3) is 5.25. The Balaban J connectivity index is 0.000000223. The summed E-state index contributed by atoms with van der Waals surface area (Å²) in [4.78, 5) is 19.9. The molecule has 2 aromatic heterocycles. The Morgan fingerprint density at radius 3 is 1.39 bits per heavy atom. The minimum Gasteiger partial charge on any atom is -0.838 e. The van der Waals surface area contributed by atoms with Crippen molar-refractivity contribution < 1.29 is 37.6 Å². The fourth-order valence-corrected chi connectivity index (χ4v) is 3.43. The number of aromatic nitrogens is 2. The number of carboxylic acid groups (broad SMARTS) is 1. The Hall–Kier alpha value is -3.61. The van der Waals surface area contributed by atoms with Crippen LogP contribution in [0.15, 0.2) is 109 Å². The van der Waals surface area contributed by atoms with Crippen LogP contribution in [0.25, 0.3) is 21.8 Å². The molecule has 0 aliphatic carbocycles. The molecule has 0 amide bonds. The molecule has 0 atom stereocenters.